The molecule has 1 aromatic rings. The van der Waals surface area contributed by atoms with E-state index in [1.807, 2.05) is 29.3 Å². The summed E-state index contributed by atoms with van der Waals surface area (Å²) in [6.07, 6.45) is 9.95. The van der Waals surface area contributed by atoms with Crippen LogP contribution in [-0.4, -0.2) is 42.6 Å². The molecule has 1 saturated heterocycles. The minimum atomic E-state index is -0.809. The number of likely N-dealkylation sites (tertiary alicyclic amines) is 1. The van der Waals surface area contributed by atoms with Gasteiger partial charge in [0.05, 0.1) is 12.8 Å². The number of methoxy groups -OCH3 is 1. The predicted octanol–water partition coefficient (Wildman–Crippen LogP) is 4.05. The van der Waals surface area contributed by atoms with E-state index in [1.54, 1.807) is 7.11 Å². The maximum absolute atomic E-state index is 13.9. The number of hydrogen-bond acceptors (Lipinski definition) is 6. The second kappa shape index (κ2) is 6.85. The number of carbonyl (C=O) groups is 1. The van der Waals surface area contributed by atoms with Gasteiger partial charge in [0.25, 0.3) is 0 Å². The molecule has 4 aliphatic rings. The molecule has 0 amide bonds. The van der Waals surface area contributed by atoms with Gasteiger partial charge in [0.15, 0.2) is 5.78 Å². The van der Waals surface area contributed by atoms with Crippen molar-refractivity contribution in [3.05, 3.63) is 47.6 Å². The molecule has 0 saturated carbocycles. The summed E-state index contributed by atoms with van der Waals surface area (Å²) in [5.74, 6) is 1.01. The lowest BCUT2D eigenvalue weighted by atomic mass is 9.89. The van der Waals surface area contributed by atoms with E-state index in [2.05, 4.69) is 27.4 Å². The highest BCUT2D eigenvalue weighted by atomic mass is 16.5. The Morgan fingerprint density at radius 2 is 1.96 bits per heavy atom. The molecule has 2 atom stereocenters. The normalized spacial score (nSPS) is 29.8. The van der Waals surface area contributed by atoms with E-state index >= 15 is 0 Å². The molecule has 6 heteroatoms. The fraction of sp³-hybridized carbons (Fsp3) is 0.500. The zero-order chi connectivity index (χ0) is 19.1. The molecule has 1 fully saturated rings. The topological polar surface area (TPSA) is 57.5 Å². The van der Waals surface area contributed by atoms with Gasteiger partial charge in [-0.3, -0.25) is 9.69 Å². The first kappa shape index (κ1) is 17.6. The molecule has 146 valence electrons. The number of ketones is 1. The minimum Gasteiger partial charge on any atom is -0.497 e. The second-order valence-electron chi connectivity index (χ2n) is 8.02. The largest absolute Gasteiger partial charge is 0.497 e. The highest BCUT2D eigenvalue weighted by Gasteiger charge is 2.60. The van der Waals surface area contributed by atoms with Gasteiger partial charge in [0, 0.05) is 19.5 Å². The van der Waals surface area contributed by atoms with Crippen molar-refractivity contribution in [2.45, 2.75) is 50.2 Å². The van der Waals surface area contributed by atoms with Gasteiger partial charge >= 0.3 is 0 Å². The highest BCUT2D eigenvalue weighted by Crippen LogP contribution is 2.46. The fourth-order valence-electron chi connectivity index (χ4n) is 5.16. The lowest BCUT2D eigenvalue weighted by Gasteiger charge is -2.44. The number of ether oxygens (including phenoxy) is 1. The van der Waals surface area contributed by atoms with Gasteiger partial charge in [0.1, 0.15) is 11.8 Å². The Balaban J connectivity index is 1.60. The van der Waals surface area contributed by atoms with Crippen molar-refractivity contribution in [2.75, 3.05) is 25.2 Å². The summed E-state index contributed by atoms with van der Waals surface area (Å²) < 4.78 is 5.30. The monoisotopic (exact) mass is 378 g/mol. The van der Waals surface area contributed by atoms with E-state index in [1.165, 1.54) is 11.1 Å². The van der Waals surface area contributed by atoms with Crippen LogP contribution in [0.5, 0.6) is 5.75 Å². The van der Waals surface area contributed by atoms with E-state index in [9.17, 15) is 4.79 Å². The standard InChI is InChI=1S/C22H26N4O2/c1-28-19-10-8-18(9-11-19)26-22(25-12-4-5-13-25)20(23-24-26)14-16-6-2-3-7-17(16)15-21(22)27/h3,7-11,20H,2,4-6,12-15H2,1H3. The van der Waals surface area contributed by atoms with Crippen molar-refractivity contribution in [1.82, 2.24) is 4.90 Å². The highest BCUT2D eigenvalue weighted by molar-refractivity contribution is 5.95. The summed E-state index contributed by atoms with van der Waals surface area (Å²) in [4.78, 5) is 16.2. The van der Waals surface area contributed by atoms with E-state index in [0.29, 0.717) is 6.42 Å². The Morgan fingerprint density at radius 1 is 1.18 bits per heavy atom. The average molecular weight is 378 g/mol. The van der Waals surface area contributed by atoms with Crippen LogP contribution in [0.15, 0.2) is 57.9 Å². The third-order valence-corrected chi connectivity index (χ3v) is 6.56. The zero-order valence-corrected chi connectivity index (χ0v) is 16.3. The molecule has 0 bridgehead atoms. The Hall–Kier alpha value is -2.47. The molecule has 6 nitrogen and oxygen atoms in total. The van der Waals surface area contributed by atoms with E-state index in [4.69, 9.17) is 4.74 Å². The van der Waals surface area contributed by atoms with Gasteiger partial charge in [-0.05, 0) is 61.9 Å². The number of hydrogen-bond donors (Lipinski definition) is 0. The van der Waals surface area contributed by atoms with Gasteiger partial charge in [-0.1, -0.05) is 22.9 Å². The number of benzene rings is 1. The first-order valence-corrected chi connectivity index (χ1v) is 10.2. The average Bonchev–Trinajstić information content (AvgIpc) is 3.36. The van der Waals surface area contributed by atoms with Crippen LogP contribution in [0.25, 0.3) is 0 Å². The van der Waals surface area contributed by atoms with Crippen molar-refractivity contribution in [1.29, 1.82) is 0 Å². The molecular formula is C22H26N4O2. The molecular weight excluding hydrogens is 352 g/mol. The van der Waals surface area contributed by atoms with Gasteiger partial charge in [-0.2, -0.15) is 5.11 Å². The van der Waals surface area contributed by atoms with Crippen LogP contribution < -0.4 is 9.75 Å². The van der Waals surface area contributed by atoms with Crippen molar-refractivity contribution in [2.24, 2.45) is 10.3 Å². The summed E-state index contributed by atoms with van der Waals surface area (Å²) in [6.45, 7) is 1.83. The smallest absolute Gasteiger partial charge is 0.201 e. The van der Waals surface area contributed by atoms with Crippen molar-refractivity contribution in [3.63, 3.8) is 0 Å². The van der Waals surface area contributed by atoms with Crippen molar-refractivity contribution >= 4 is 11.5 Å². The van der Waals surface area contributed by atoms with Crippen molar-refractivity contribution < 1.29 is 9.53 Å². The third-order valence-electron chi connectivity index (χ3n) is 6.56. The summed E-state index contributed by atoms with van der Waals surface area (Å²) in [7, 11) is 1.66. The van der Waals surface area contributed by atoms with Gasteiger partial charge in [0.2, 0.25) is 5.66 Å². The second-order valence-corrected chi connectivity index (χ2v) is 8.02. The summed E-state index contributed by atoms with van der Waals surface area (Å²) in [6, 6.07) is 7.64. The van der Waals surface area contributed by atoms with Crippen LogP contribution in [0.4, 0.5) is 5.69 Å². The summed E-state index contributed by atoms with van der Waals surface area (Å²) in [5.41, 5.74) is 2.67. The molecule has 0 aromatic heterocycles. The van der Waals surface area contributed by atoms with Gasteiger partial charge < -0.3 is 4.74 Å². The number of Topliss-reactive ketones (excluding diaryl/α,β-unsaturated/α-hetero) is 1. The Kier molecular flexibility index (Phi) is 4.31. The number of allylic oxidation sites excluding steroid dienone is 3. The Labute approximate surface area is 165 Å². The Morgan fingerprint density at radius 3 is 2.71 bits per heavy atom. The lowest BCUT2D eigenvalue weighted by Crippen LogP contribution is -2.66. The number of carbonyl (C=O) groups excluding carboxylic acids is 1. The van der Waals surface area contributed by atoms with E-state index in [-0.39, 0.29) is 11.8 Å². The zero-order valence-electron chi connectivity index (χ0n) is 16.3. The number of anilines is 1. The molecule has 2 heterocycles. The molecule has 0 spiro atoms. The summed E-state index contributed by atoms with van der Waals surface area (Å²) in [5, 5.41) is 11.1. The van der Waals surface area contributed by atoms with Gasteiger partial charge in [-0.25, -0.2) is 5.01 Å². The molecule has 1 aromatic carbocycles. The van der Waals surface area contributed by atoms with Crippen LogP contribution in [0, 0.1) is 0 Å². The summed E-state index contributed by atoms with van der Waals surface area (Å²) >= 11 is 0. The number of fused-ring (bicyclic) bond motifs is 1. The van der Waals surface area contributed by atoms with Crippen LogP contribution in [0.1, 0.15) is 38.5 Å². The quantitative estimate of drug-likeness (QED) is 0.796. The van der Waals surface area contributed by atoms with Crippen LogP contribution >= 0.6 is 0 Å². The SMILES string of the molecule is COc1ccc(N2N=NC3CC4=C(C=CCC4)CC(=O)C32N2CCCC2)cc1. The van der Waals surface area contributed by atoms with Gasteiger partial charge in [-0.15, -0.1) is 0 Å². The number of rotatable bonds is 3. The first-order chi connectivity index (χ1) is 13.7. The molecule has 0 N–H and O–H groups in total. The van der Waals surface area contributed by atoms with Crippen LogP contribution in [0.3, 0.4) is 0 Å². The first-order valence-electron chi connectivity index (χ1n) is 10.2. The lowest BCUT2D eigenvalue weighted by molar-refractivity contribution is -0.130. The maximum Gasteiger partial charge on any atom is 0.201 e. The Bertz CT molecular complexity index is 867. The minimum absolute atomic E-state index is 0.154. The molecule has 2 aliphatic carbocycles. The van der Waals surface area contributed by atoms with E-state index < -0.39 is 5.66 Å². The maximum atomic E-state index is 13.9. The van der Waals surface area contributed by atoms with Crippen molar-refractivity contribution in [3.8, 4) is 5.75 Å². The third kappa shape index (κ3) is 2.54. The van der Waals surface area contributed by atoms with Crippen LogP contribution in [0.2, 0.25) is 0 Å². The van der Waals surface area contributed by atoms with E-state index in [0.717, 1.165) is 56.6 Å². The van der Waals surface area contributed by atoms with Crippen LogP contribution in [-0.2, 0) is 4.79 Å². The molecule has 2 aliphatic heterocycles. The predicted molar refractivity (Wildman–Crippen MR) is 107 cm³/mol. The molecule has 28 heavy (non-hydrogen) atoms. The molecule has 0 radical (unpaired) electrons. The molecule has 2 unspecified atom stereocenters. The number of nitrogens with zero attached hydrogens (tertiary/aromatic N) is 4. The molecule has 5 rings (SSSR count). The fourth-order valence-corrected chi connectivity index (χ4v) is 5.16.